The third-order valence-electron chi connectivity index (χ3n) is 5.57. The Labute approximate surface area is 104 Å². The lowest BCUT2D eigenvalue weighted by Gasteiger charge is -2.43. The second-order valence-electron chi connectivity index (χ2n) is 6.18. The highest BCUT2D eigenvalue weighted by Crippen LogP contribution is 2.61. The molecule has 1 unspecified atom stereocenters. The van der Waals surface area contributed by atoms with Gasteiger partial charge in [0.25, 0.3) is 6.57 Å². The molecule has 0 spiro atoms. The van der Waals surface area contributed by atoms with Crippen molar-refractivity contribution in [2.45, 2.75) is 57.6 Å². The van der Waals surface area contributed by atoms with Crippen LogP contribution in [0.1, 0.15) is 46.0 Å². The van der Waals surface area contributed by atoms with Gasteiger partial charge in [0.2, 0.25) is 0 Å². The smallest absolute Gasteiger partial charge is 0.311 e. The molecule has 0 saturated heterocycles. The lowest BCUT2D eigenvalue weighted by molar-refractivity contribution is -0.0327. The lowest BCUT2D eigenvalue weighted by Crippen LogP contribution is -2.54. The van der Waals surface area contributed by atoms with E-state index in [1.807, 2.05) is 0 Å². The van der Waals surface area contributed by atoms with Gasteiger partial charge < -0.3 is 10.2 Å². The van der Waals surface area contributed by atoms with Crippen LogP contribution >= 0.6 is 0 Å². The summed E-state index contributed by atoms with van der Waals surface area (Å²) in [5.74, 6) is 0.670. The van der Waals surface area contributed by atoms with Crippen molar-refractivity contribution in [2.75, 3.05) is 6.61 Å². The molecule has 0 aliphatic heterocycles. The van der Waals surface area contributed by atoms with Gasteiger partial charge in [-0.15, -0.1) is 0 Å². The number of nitrogens with zero attached hydrogens (tertiary/aromatic N) is 1. The van der Waals surface area contributed by atoms with Crippen molar-refractivity contribution in [1.29, 1.82) is 0 Å². The quantitative estimate of drug-likeness (QED) is 0.775. The Kier molecular flexibility index (Phi) is 3.22. The molecule has 17 heavy (non-hydrogen) atoms. The van der Waals surface area contributed by atoms with Gasteiger partial charge >= 0.3 is 5.54 Å². The zero-order chi connectivity index (χ0) is 12.7. The number of fused-ring (bicyclic) bond motifs is 1. The SMILES string of the molecule is C#[N+][C@@]12CC[C@H]([C@@H](C)CO)[C@@]1(C)CCCC2O. The molecule has 2 saturated carbocycles. The van der Waals surface area contributed by atoms with Crippen molar-refractivity contribution in [3.05, 3.63) is 4.85 Å². The van der Waals surface area contributed by atoms with Crippen LogP contribution in [0.3, 0.4) is 0 Å². The molecule has 0 amide bonds. The van der Waals surface area contributed by atoms with Crippen molar-refractivity contribution < 1.29 is 10.2 Å². The molecule has 3 nitrogen and oxygen atoms in total. The number of aliphatic hydroxyl groups excluding tert-OH is 2. The van der Waals surface area contributed by atoms with E-state index in [-0.39, 0.29) is 17.9 Å². The Hall–Kier alpha value is -0.590. The second kappa shape index (κ2) is 4.26. The maximum absolute atomic E-state index is 10.3. The number of rotatable bonds is 2. The largest absolute Gasteiger partial charge is 0.396 e. The molecule has 0 aromatic heterocycles. The molecule has 2 rings (SSSR count). The molecule has 0 heterocycles. The van der Waals surface area contributed by atoms with Gasteiger partial charge in [-0.3, -0.25) is 0 Å². The van der Waals surface area contributed by atoms with Gasteiger partial charge in [-0.25, -0.2) is 0 Å². The third-order valence-corrected chi connectivity index (χ3v) is 5.57. The zero-order valence-corrected chi connectivity index (χ0v) is 10.9. The Bertz CT molecular complexity index is 338. The van der Waals surface area contributed by atoms with Crippen LogP contribution in [0.5, 0.6) is 0 Å². The van der Waals surface area contributed by atoms with Gasteiger partial charge in [0.15, 0.2) is 0 Å². The van der Waals surface area contributed by atoms with Gasteiger partial charge in [-0.05, 0) is 37.5 Å². The molecule has 0 aromatic rings. The van der Waals surface area contributed by atoms with Crippen molar-refractivity contribution in [3.8, 4) is 6.57 Å². The molecule has 2 aliphatic carbocycles. The highest BCUT2D eigenvalue weighted by atomic mass is 16.3. The highest BCUT2D eigenvalue weighted by molar-refractivity contribution is 5.23. The summed E-state index contributed by atoms with van der Waals surface area (Å²) in [6.45, 7) is 10.2. The fourth-order valence-corrected chi connectivity index (χ4v) is 4.49. The third kappa shape index (κ3) is 1.54. The van der Waals surface area contributed by atoms with E-state index in [0.29, 0.717) is 5.92 Å². The van der Waals surface area contributed by atoms with Crippen LogP contribution in [0.25, 0.3) is 4.85 Å². The topological polar surface area (TPSA) is 44.8 Å². The van der Waals surface area contributed by atoms with Gasteiger partial charge in [0, 0.05) is 13.0 Å². The molecule has 2 aliphatic rings. The first-order valence-corrected chi connectivity index (χ1v) is 6.73. The Morgan fingerprint density at radius 1 is 1.41 bits per heavy atom. The van der Waals surface area contributed by atoms with Crippen LogP contribution in [0.4, 0.5) is 0 Å². The molecule has 2 N–H and O–H groups in total. The normalized spacial score (nSPS) is 47.2. The second-order valence-corrected chi connectivity index (χ2v) is 6.18. The minimum atomic E-state index is -0.473. The summed E-state index contributed by atoms with van der Waals surface area (Å²) in [7, 11) is 0. The van der Waals surface area contributed by atoms with Crippen molar-refractivity contribution >= 4 is 0 Å². The minimum absolute atomic E-state index is 0.0540. The Morgan fingerprint density at radius 2 is 2.12 bits per heavy atom. The van der Waals surface area contributed by atoms with Crippen LogP contribution in [-0.4, -0.2) is 28.5 Å². The van der Waals surface area contributed by atoms with Crippen LogP contribution in [-0.2, 0) is 0 Å². The molecule has 96 valence electrons. The van der Waals surface area contributed by atoms with Gasteiger partial charge in [0.05, 0.1) is 5.41 Å². The molecule has 0 bridgehead atoms. The van der Waals surface area contributed by atoms with Crippen molar-refractivity contribution in [1.82, 2.24) is 0 Å². The van der Waals surface area contributed by atoms with Gasteiger partial charge in [-0.2, -0.15) is 0 Å². The van der Waals surface area contributed by atoms with E-state index >= 15 is 0 Å². The molecule has 0 aromatic carbocycles. The average molecular weight is 238 g/mol. The summed E-state index contributed by atoms with van der Waals surface area (Å²) >= 11 is 0. The number of hydrogen-bond donors (Lipinski definition) is 2. The van der Waals surface area contributed by atoms with E-state index < -0.39 is 11.6 Å². The molecule has 5 atom stereocenters. The zero-order valence-electron chi connectivity index (χ0n) is 10.9. The summed E-state index contributed by atoms with van der Waals surface area (Å²) < 4.78 is 0. The van der Waals surface area contributed by atoms with Gasteiger partial charge in [-0.1, -0.05) is 18.7 Å². The van der Waals surface area contributed by atoms with E-state index in [9.17, 15) is 10.2 Å². The van der Waals surface area contributed by atoms with Gasteiger partial charge in [0.1, 0.15) is 6.10 Å². The minimum Gasteiger partial charge on any atom is -0.396 e. The molecular formula is C14H24NO2+. The van der Waals surface area contributed by atoms with Crippen molar-refractivity contribution in [2.24, 2.45) is 17.3 Å². The number of hydrogen-bond acceptors (Lipinski definition) is 2. The van der Waals surface area contributed by atoms with E-state index in [1.165, 1.54) is 0 Å². The van der Waals surface area contributed by atoms with Crippen LogP contribution in [0, 0.1) is 23.8 Å². The summed E-state index contributed by atoms with van der Waals surface area (Å²) in [4.78, 5) is 4.13. The fraction of sp³-hybridized carbons (Fsp3) is 0.929. The van der Waals surface area contributed by atoms with Crippen LogP contribution in [0.2, 0.25) is 0 Å². The standard InChI is InChI=1S/C14H24NO2/c1-10(9-16)11-6-8-14(15-3)12(17)5-4-7-13(11,14)2/h3,10-12,16-17H,4-9H2,1-2H3/q+1/t10-,11+,12?,13+,14+/m0/s1. The summed E-state index contributed by atoms with van der Waals surface area (Å²) in [5.41, 5.74) is -0.527. The molecule has 2 fully saturated rings. The average Bonchev–Trinajstić information content (AvgIpc) is 2.63. The van der Waals surface area contributed by atoms with E-state index in [2.05, 4.69) is 18.7 Å². The molecule has 0 radical (unpaired) electrons. The fourth-order valence-electron chi connectivity index (χ4n) is 4.49. The Balaban J connectivity index is 2.38. The van der Waals surface area contributed by atoms with E-state index in [4.69, 9.17) is 6.57 Å². The van der Waals surface area contributed by atoms with E-state index in [0.717, 1.165) is 32.1 Å². The summed E-state index contributed by atoms with van der Waals surface area (Å²) in [6.07, 6.45) is 4.34. The first-order valence-electron chi connectivity index (χ1n) is 6.73. The lowest BCUT2D eigenvalue weighted by atomic mass is 9.58. The van der Waals surface area contributed by atoms with E-state index in [1.54, 1.807) is 0 Å². The summed E-state index contributed by atoms with van der Waals surface area (Å²) in [5, 5.41) is 19.7. The first kappa shape index (κ1) is 12.9. The first-order chi connectivity index (χ1) is 8.02. The van der Waals surface area contributed by atoms with Crippen molar-refractivity contribution in [3.63, 3.8) is 0 Å². The summed E-state index contributed by atoms with van der Waals surface area (Å²) in [6, 6.07) is 0. The maximum Gasteiger partial charge on any atom is 0.311 e. The molecular weight excluding hydrogens is 214 g/mol. The van der Waals surface area contributed by atoms with Crippen LogP contribution in [0.15, 0.2) is 0 Å². The number of aliphatic hydroxyl groups is 2. The maximum atomic E-state index is 10.3. The predicted molar refractivity (Wildman–Crippen MR) is 68.0 cm³/mol. The monoisotopic (exact) mass is 238 g/mol. The van der Waals surface area contributed by atoms with Crippen LogP contribution < -0.4 is 0 Å². The predicted octanol–water partition coefficient (Wildman–Crippen LogP) is 2.28. The molecule has 3 heteroatoms. The Morgan fingerprint density at radius 3 is 2.71 bits per heavy atom. The highest BCUT2D eigenvalue weighted by Gasteiger charge is 2.70.